The standard InChI is InChI=1S/C17H22FNO3/c1-12-4-5-13(11-14(12)18)16(21)19-8-6-17(7-9-19)15(20)3-2-10-22-17/h4-5,11,15,20H,2-3,6-10H2,1H3/t15-/m0/s1. The van der Waals surface area contributed by atoms with E-state index in [1.54, 1.807) is 24.0 Å². The maximum atomic E-state index is 13.6. The van der Waals surface area contributed by atoms with Crippen LogP contribution in [-0.4, -0.2) is 47.3 Å². The third-order valence-electron chi connectivity index (χ3n) is 4.93. The van der Waals surface area contributed by atoms with Crippen LogP contribution in [0.5, 0.6) is 0 Å². The molecule has 3 rings (SSSR count). The third kappa shape index (κ3) is 2.75. The Morgan fingerprint density at radius 2 is 2.14 bits per heavy atom. The summed E-state index contributed by atoms with van der Waals surface area (Å²) in [5.41, 5.74) is 0.421. The molecule has 2 fully saturated rings. The summed E-state index contributed by atoms with van der Waals surface area (Å²) in [6.07, 6.45) is 2.46. The van der Waals surface area contributed by atoms with Gasteiger partial charge in [0.1, 0.15) is 5.82 Å². The molecule has 1 spiro atoms. The molecule has 22 heavy (non-hydrogen) atoms. The summed E-state index contributed by atoms with van der Waals surface area (Å²) in [6.45, 7) is 3.42. The van der Waals surface area contributed by atoms with Crippen molar-refractivity contribution in [3.05, 3.63) is 35.1 Å². The van der Waals surface area contributed by atoms with Gasteiger partial charge in [-0.15, -0.1) is 0 Å². The number of rotatable bonds is 1. The van der Waals surface area contributed by atoms with Crippen LogP contribution in [0.2, 0.25) is 0 Å². The Balaban J connectivity index is 1.68. The molecular weight excluding hydrogens is 285 g/mol. The molecule has 0 unspecified atom stereocenters. The van der Waals surface area contributed by atoms with Crippen LogP contribution in [-0.2, 0) is 4.74 Å². The van der Waals surface area contributed by atoms with Crippen molar-refractivity contribution in [2.24, 2.45) is 0 Å². The van der Waals surface area contributed by atoms with Crippen LogP contribution in [0.15, 0.2) is 18.2 Å². The highest BCUT2D eigenvalue weighted by Gasteiger charge is 2.44. The van der Waals surface area contributed by atoms with E-state index in [0.717, 1.165) is 12.8 Å². The van der Waals surface area contributed by atoms with Crippen LogP contribution in [0.25, 0.3) is 0 Å². The molecule has 0 radical (unpaired) electrons. The van der Waals surface area contributed by atoms with Gasteiger partial charge < -0.3 is 14.7 Å². The fraction of sp³-hybridized carbons (Fsp3) is 0.588. The molecule has 2 aliphatic heterocycles. The second-order valence-electron chi connectivity index (χ2n) is 6.33. The number of aryl methyl sites for hydroxylation is 1. The van der Waals surface area contributed by atoms with E-state index in [0.29, 0.717) is 43.7 Å². The fourth-order valence-electron chi connectivity index (χ4n) is 3.39. The summed E-state index contributed by atoms with van der Waals surface area (Å²) in [5, 5.41) is 10.2. The molecule has 1 amide bonds. The molecule has 0 saturated carbocycles. The van der Waals surface area contributed by atoms with Crippen LogP contribution in [0.4, 0.5) is 4.39 Å². The maximum absolute atomic E-state index is 13.6. The van der Waals surface area contributed by atoms with E-state index in [-0.39, 0.29) is 11.7 Å². The Labute approximate surface area is 129 Å². The lowest BCUT2D eigenvalue weighted by atomic mass is 9.82. The number of hydrogen-bond acceptors (Lipinski definition) is 3. The van der Waals surface area contributed by atoms with Crippen molar-refractivity contribution < 1.29 is 19.0 Å². The normalized spacial score (nSPS) is 24.5. The molecule has 1 aromatic carbocycles. The first kappa shape index (κ1) is 15.4. The Hall–Kier alpha value is -1.46. The Kier molecular flexibility index (Phi) is 4.19. The number of hydrogen-bond donors (Lipinski definition) is 1. The number of benzene rings is 1. The van der Waals surface area contributed by atoms with Gasteiger partial charge in [-0.05, 0) is 50.3 Å². The number of amides is 1. The molecular formula is C17H22FNO3. The average molecular weight is 307 g/mol. The van der Waals surface area contributed by atoms with E-state index in [2.05, 4.69) is 0 Å². The van der Waals surface area contributed by atoms with Crippen LogP contribution in [0.1, 0.15) is 41.6 Å². The Morgan fingerprint density at radius 3 is 2.77 bits per heavy atom. The molecule has 0 aromatic heterocycles. The number of carbonyl (C=O) groups excluding carboxylic acids is 1. The summed E-state index contributed by atoms with van der Waals surface area (Å²) in [4.78, 5) is 14.2. The number of carbonyl (C=O) groups is 1. The van der Waals surface area contributed by atoms with Crippen molar-refractivity contribution in [3.63, 3.8) is 0 Å². The topological polar surface area (TPSA) is 49.8 Å². The molecule has 1 aromatic rings. The molecule has 0 aliphatic carbocycles. The van der Waals surface area contributed by atoms with Crippen LogP contribution >= 0.6 is 0 Å². The lowest BCUT2D eigenvalue weighted by Crippen LogP contribution is -2.56. The molecule has 2 saturated heterocycles. The van der Waals surface area contributed by atoms with Gasteiger partial charge in [0, 0.05) is 25.3 Å². The van der Waals surface area contributed by atoms with Gasteiger partial charge in [-0.1, -0.05) is 6.07 Å². The minimum atomic E-state index is -0.493. The number of likely N-dealkylation sites (tertiary alicyclic amines) is 1. The molecule has 2 aliphatic rings. The minimum absolute atomic E-state index is 0.154. The second-order valence-corrected chi connectivity index (χ2v) is 6.33. The van der Waals surface area contributed by atoms with Gasteiger partial charge in [0.25, 0.3) is 5.91 Å². The van der Waals surface area contributed by atoms with E-state index in [4.69, 9.17) is 4.74 Å². The number of aliphatic hydroxyl groups excluding tert-OH is 1. The van der Waals surface area contributed by atoms with Crippen LogP contribution in [0.3, 0.4) is 0 Å². The molecule has 5 heteroatoms. The van der Waals surface area contributed by atoms with Crippen molar-refractivity contribution >= 4 is 5.91 Å². The first-order chi connectivity index (χ1) is 10.5. The van der Waals surface area contributed by atoms with Gasteiger partial charge in [0.05, 0.1) is 11.7 Å². The molecule has 120 valence electrons. The Bertz CT molecular complexity index is 567. The van der Waals surface area contributed by atoms with Crippen molar-refractivity contribution in [1.29, 1.82) is 0 Å². The molecule has 2 heterocycles. The maximum Gasteiger partial charge on any atom is 0.253 e. The lowest BCUT2D eigenvalue weighted by Gasteiger charge is -2.46. The van der Waals surface area contributed by atoms with Gasteiger partial charge in [-0.2, -0.15) is 0 Å². The van der Waals surface area contributed by atoms with Gasteiger partial charge in [-0.3, -0.25) is 4.79 Å². The second kappa shape index (κ2) is 5.97. The molecule has 4 nitrogen and oxygen atoms in total. The van der Waals surface area contributed by atoms with Gasteiger partial charge in [-0.25, -0.2) is 4.39 Å². The predicted octanol–water partition coefficient (Wildman–Crippen LogP) is 2.28. The van der Waals surface area contributed by atoms with E-state index in [9.17, 15) is 14.3 Å². The summed E-state index contributed by atoms with van der Waals surface area (Å²) in [6, 6.07) is 4.59. The smallest absolute Gasteiger partial charge is 0.253 e. The van der Waals surface area contributed by atoms with Crippen LogP contribution in [0, 0.1) is 12.7 Å². The zero-order valence-electron chi connectivity index (χ0n) is 12.8. The number of aliphatic hydroxyl groups is 1. The van der Waals surface area contributed by atoms with Gasteiger partial charge in [0.15, 0.2) is 0 Å². The zero-order chi connectivity index (χ0) is 15.7. The van der Waals surface area contributed by atoms with Crippen LogP contribution < -0.4 is 0 Å². The highest BCUT2D eigenvalue weighted by atomic mass is 19.1. The summed E-state index contributed by atoms with van der Waals surface area (Å²) in [7, 11) is 0. The highest BCUT2D eigenvalue weighted by Crippen LogP contribution is 2.35. The number of nitrogens with zero attached hydrogens (tertiary/aromatic N) is 1. The highest BCUT2D eigenvalue weighted by molar-refractivity contribution is 5.94. The fourth-order valence-corrected chi connectivity index (χ4v) is 3.39. The van der Waals surface area contributed by atoms with Crippen molar-refractivity contribution in [3.8, 4) is 0 Å². The van der Waals surface area contributed by atoms with Crippen molar-refractivity contribution in [2.75, 3.05) is 19.7 Å². The van der Waals surface area contributed by atoms with E-state index in [1.807, 2.05) is 0 Å². The van der Waals surface area contributed by atoms with E-state index < -0.39 is 11.7 Å². The van der Waals surface area contributed by atoms with Gasteiger partial charge >= 0.3 is 0 Å². The summed E-state index contributed by atoms with van der Waals surface area (Å²) < 4.78 is 19.5. The van der Waals surface area contributed by atoms with E-state index >= 15 is 0 Å². The monoisotopic (exact) mass is 307 g/mol. The number of ether oxygens (including phenoxy) is 1. The molecule has 1 N–H and O–H groups in total. The SMILES string of the molecule is Cc1ccc(C(=O)N2CCC3(CC2)OCCC[C@@H]3O)cc1F. The van der Waals surface area contributed by atoms with Crippen molar-refractivity contribution in [2.45, 2.75) is 44.3 Å². The number of piperidine rings is 1. The van der Waals surface area contributed by atoms with Crippen molar-refractivity contribution in [1.82, 2.24) is 4.90 Å². The predicted molar refractivity (Wildman–Crippen MR) is 80.2 cm³/mol. The quantitative estimate of drug-likeness (QED) is 0.866. The Morgan fingerprint density at radius 1 is 1.41 bits per heavy atom. The first-order valence-corrected chi connectivity index (χ1v) is 7.89. The molecule has 1 atom stereocenters. The largest absolute Gasteiger partial charge is 0.390 e. The zero-order valence-corrected chi connectivity index (χ0v) is 12.8. The minimum Gasteiger partial charge on any atom is -0.390 e. The third-order valence-corrected chi connectivity index (χ3v) is 4.93. The summed E-state index contributed by atoms with van der Waals surface area (Å²) in [5.74, 6) is -0.510. The first-order valence-electron chi connectivity index (χ1n) is 7.89. The lowest BCUT2D eigenvalue weighted by molar-refractivity contribution is -0.174. The molecule has 0 bridgehead atoms. The van der Waals surface area contributed by atoms with Gasteiger partial charge in [0.2, 0.25) is 0 Å². The average Bonchev–Trinajstić information content (AvgIpc) is 2.53. The van der Waals surface area contributed by atoms with E-state index in [1.165, 1.54) is 6.07 Å². The summed E-state index contributed by atoms with van der Waals surface area (Å²) >= 11 is 0. The number of halogens is 1.